The molecule has 0 saturated carbocycles. The van der Waals surface area contributed by atoms with Crippen molar-refractivity contribution in [1.82, 2.24) is 4.98 Å². The zero-order chi connectivity index (χ0) is 14.5. The van der Waals surface area contributed by atoms with Crippen molar-refractivity contribution in [2.45, 2.75) is 19.4 Å². The van der Waals surface area contributed by atoms with E-state index in [0.717, 1.165) is 27.8 Å². The fraction of sp³-hybridized carbons (Fsp3) is 0.267. The number of ether oxygens (including phenoxy) is 1. The molecule has 0 aliphatic rings. The van der Waals surface area contributed by atoms with Crippen LogP contribution in [0.5, 0.6) is 5.75 Å². The van der Waals surface area contributed by atoms with Crippen LogP contribution in [0.25, 0.3) is 0 Å². The fourth-order valence-electron chi connectivity index (χ4n) is 1.84. The molecule has 0 amide bonds. The summed E-state index contributed by atoms with van der Waals surface area (Å²) in [5.74, 6) is 0.730. The summed E-state index contributed by atoms with van der Waals surface area (Å²) in [6, 6.07) is 7.25. The molecule has 1 heterocycles. The van der Waals surface area contributed by atoms with Gasteiger partial charge in [0, 0.05) is 15.7 Å². The highest BCUT2D eigenvalue weighted by molar-refractivity contribution is 9.10. The van der Waals surface area contributed by atoms with E-state index in [1.165, 1.54) is 0 Å². The lowest BCUT2D eigenvalue weighted by Gasteiger charge is -2.15. The van der Waals surface area contributed by atoms with Gasteiger partial charge in [-0.2, -0.15) is 0 Å². The Morgan fingerprint density at radius 3 is 2.85 bits per heavy atom. The molecule has 0 spiro atoms. The first-order valence-corrected chi connectivity index (χ1v) is 7.57. The molecule has 0 saturated heterocycles. The van der Waals surface area contributed by atoms with E-state index < -0.39 is 0 Å². The number of nitrogens with zero attached hydrogens (tertiary/aromatic N) is 1. The van der Waals surface area contributed by atoms with Crippen molar-refractivity contribution in [3.8, 4) is 5.75 Å². The maximum Gasteiger partial charge on any atom is 0.137 e. The predicted molar refractivity (Wildman–Crippen MR) is 85.2 cm³/mol. The van der Waals surface area contributed by atoms with Gasteiger partial charge in [0.15, 0.2) is 0 Å². The second-order valence-corrected chi connectivity index (χ2v) is 5.77. The molecule has 20 heavy (non-hydrogen) atoms. The van der Waals surface area contributed by atoms with Crippen molar-refractivity contribution in [3.05, 3.63) is 57.3 Å². The van der Waals surface area contributed by atoms with Crippen molar-refractivity contribution < 1.29 is 4.74 Å². The number of hydrogen-bond acceptors (Lipinski definition) is 3. The molecule has 1 aromatic heterocycles. The van der Waals surface area contributed by atoms with E-state index in [2.05, 4.69) is 27.8 Å². The molecular weight excluding hydrogens is 340 g/mol. The molecule has 0 fully saturated rings. The molecule has 2 aromatic rings. The first-order chi connectivity index (χ1) is 9.61. The maximum atomic E-state index is 6.27. The predicted octanol–water partition coefficient (Wildman–Crippen LogP) is 4.33. The van der Waals surface area contributed by atoms with E-state index in [-0.39, 0.29) is 6.04 Å². The van der Waals surface area contributed by atoms with E-state index >= 15 is 0 Å². The Hall–Kier alpha value is -1.10. The van der Waals surface area contributed by atoms with Gasteiger partial charge in [0.25, 0.3) is 0 Å². The average molecular weight is 356 g/mol. The third kappa shape index (κ3) is 3.72. The van der Waals surface area contributed by atoms with Gasteiger partial charge in [-0.15, -0.1) is 0 Å². The van der Waals surface area contributed by atoms with Crippen LogP contribution in [0.4, 0.5) is 0 Å². The monoisotopic (exact) mass is 354 g/mol. The summed E-state index contributed by atoms with van der Waals surface area (Å²) >= 11 is 9.62. The van der Waals surface area contributed by atoms with Crippen LogP contribution in [0.3, 0.4) is 0 Å². The number of aromatic nitrogens is 1. The number of benzene rings is 1. The molecular formula is C15H16BrClN2O. The van der Waals surface area contributed by atoms with Gasteiger partial charge < -0.3 is 10.5 Å². The van der Waals surface area contributed by atoms with Crippen LogP contribution in [-0.4, -0.2) is 11.6 Å². The first kappa shape index (κ1) is 15.3. The number of rotatable bonds is 5. The van der Waals surface area contributed by atoms with Crippen molar-refractivity contribution in [3.63, 3.8) is 0 Å². The molecule has 0 radical (unpaired) electrons. The van der Waals surface area contributed by atoms with Crippen LogP contribution in [0.2, 0.25) is 5.02 Å². The van der Waals surface area contributed by atoms with Crippen LogP contribution in [0.15, 0.2) is 41.1 Å². The van der Waals surface area contributed by atoms with Crippen molar-refractivity contribution in [2.24, 2.45) is 5.73 Å². The lowest BCUT2D eigenvalue weighted by Crippen LogP contribution is -2.13. The van der Waals surface area contributed by atoms with Gasteiger partial charge >= 0.3 is 0 Å². The highest BCUT2D eigenvalue weighted by atomic mass is 79.9. The van der Waals surface area contributed by atoms with Crippen LogP contribution in [-0.2, 0) is 0 Å². The van der Waals surface area contributed by atoms with Crippen LogP contribution >= 0.6 is 27.5 Å². The third-order valence-electron chi connectivity index (χ3n) is 2.86. The van der Waals surface area contributed by atoms with E-state index in [9.17, 15) is 0 Å². The zero-order valence-electron chi connectivity index (χ0n) is 11.1. The second kappa shape index (κ2) is 7.07. The lowest BCUT2D eigenvalue weighted by molar-refractivity contribution is 0.315. The molecule has 106 valence electrons. The van der Waals surface area contributed by atoms with Gasteiger partial charge in [-0.3, -0.25) is 4.98 Å². The fourth-order valence-corrected chi connectivity index (χ4v) is 2.63. The number of pyridine rings is 1. The molecule has 5 heteroatoms. The van der Waals surface area contributed by atoms with Gasteiger partial charge in [0.1, 0.15) is 5.75 Å². The largest absolute Gasteiger partial charge is 0.492 e. The Morgan fingerprint density at radius 2 is 2.15 bits per heavy atom. The third-order valence-corrected chi connectivity index (χ3v) is 3.68. The lowest BCUT2D eigenvalue weighted by atomic mass is 10.0. The quantitative estimate of drug-likeness (QED) is 0.868. The van der Waals surface area contributed by atoms with Gasteiger partial charge in [-0.25, -0.2) is 0 Å². The number of hydrogen-bond donors (Lipinski definition) is 1. The Bertz CT molecular complexity index is 592. The minimum absolute atomic E-state index is 0.326. The van der Waals surface area contributed by atoms with E-state index in [1.54, 1.807) is 12.4 Å². The number of nitrogens with two attached hydrogens (primary N) is 1. The maximum absolute atomic E-state index is 6.27. The molecule has 1 unspecified atom stereocenters. The van der Waals surface area contributed by atoms with Crippen LogP contribution in [0.1, 0.15) is 30.5 Å². The summed E-state index contributed by atoms with van der Waals surface area (Å²) in [5, 5.41) is 0.631. The summed E-state index contributed by atoms with van der Waals surface area (Å²) in [6.07, 6.45) is 4.38. The highest BCUT2D eigenvalue weighted by Gasteiger charge is 2.14. The summed E-state index contributed by atoms with van der Waals surface area (Å²) < 4.78 is 6.50. The van der Waals surface area contributed by atoms with Crippen molar-refractivity contribution >= 4 is 27.5 Å². The molecule has 1 aromatic carbocycles. The Kier molecular flexibility index (Phi) is 5.40. The Morgan fingerprint density at radius 1 is 1.35 bits per heavy atom. The molecule has 0 bridgehead atoms. The van der Waals surface area contributed by atoms with Crippen LogP contribution < -0.4 is 10.5 Å². The SMILES string of the molecule is CCCOc1cncc(C(N)c2ccc(Br)cc2Cl)c1. The molecule has 0 aliphatic carbocycles. The van der Waals surface area contributed by atoms with Crippen molar-refractivity contribution in [2.75, 3.05) is 6.61 Å². The van der Waals surface area contributed by atoms with Gasteiger partial charge in [-0.1, -0.05) is 40.5 Å². The highest BCUT2D eigenvalue weighted by Crippen LogP contribution is 2.29. The topological polar surface area (TPSA) is 48.1 Å². The summed E-state index contributed by atoms with van der Waals surface area (Å²) in [7, 11) is 0. The standard InChI is InChI=1S/C15H16BrClN2O/c1-2-5-20-12-6-10(8-19-9-12)15(18)13-4-3-11(16)7-14(13)17/h3-4,6-9,15H,2,5,18H2,1H3. The minimum atomic E-state index is -0.326. The van der Waals surface area contributed by atoms with Gasteiger partial charge in [-0.05, 0) is 35.7 Å². The first-order valence-electron chi connectivity index (χ1n) is 6.40. The van der Waals surface area contributed by atoms with Crippen LogP contribution in [0, 0.1) is 0 Å². The summed E-state index contributed by atoms with van der Waals surface area (Å²) in [4.78, 5) is 4.17. The molecule has 2 rings (SSSR count). The Labute approximate surface area is 132 Å². The molecule has 2 N–H and O–H groups in total. The van der Waals surface area contributed by atoms with E-state index in [4.69, 9.17) is 22.1 Å². The van der Waals surface area contributed by atoms with E-state index in [0.29, 0.717) is 11.6 Å². The minimum Gasteiger partial charge on any atom is -0.492 e. The van der Waals surface area contributed by atoms with Gasteiger partial charge in [0.2, 0.25) is 0 Å². The molecule has 3 nitrogen and oxygen atoms in total. The number of halogens is 2. The summed E-state index contributed by atoms with van der Waals surface area (Å²) in [6.45, 7) is 2.73. The zero-order valence-corrected chi connectivity index (χ0v) is 13.5. The van der Waals surface area contributed by atoms with Gasteiger partial charge in [0.05, 0.1) is 18.8 Å². The van der Waals surface area contributed by atoms with Crippen molar-refractivity contribution in [1.29, 1.82) is 0 Å². The second-order valence-electron chi connectivity index (χ2n) is 4.45. The Balaban J connectivity index is 2.26. The summed E-state index contributed by atoms with van der Waals surface area (Å²) in [5.41, 5.74) is 8.01. The molecule has 0 aliphatic heterocycles. The van der Waals surface area contributed by atoms with E-state index in [1.807, 2.05) is 24.3 Å². The smallest absolute Gasteiger partial charge is 0.137 e. The normalized spacial score (nSPS) is 12.2. The molecule has 1 atom stereocenters. The average Bonchev–Trinajstić information content (AvgIpc) is 2.45.